The molecule has 0 bridgehead atoms. The summed E-state index contributed by atoms with van der Waals surface area (Å²) in [6.07, 6.45) is 33.4. The van der Waals surface area contributed by atoms with E-state index >= 15 is 0 Å². The third-order valence-corrected chi connectivity index (χ3v) is 26.7. The molecule has 59 heavy (non-hydrogen) atoms. The second-order valence-electron chi connectivity index (χ2n) is 16.7. The van der Waals surface area contributed by atoms with E-state index in [0.717, 1.165) is 0 Å². The Morgan fingerprint density at radius 2 is 0.729 bits per heavy atom. The summed E-state index contributed by atoms with van der Waals surface area (Å²) in [4.78, 5) is 0. The molecule has 316 valence electrons. The van der Waals surface area contributed by atoms with Crippen LogP contribution in [0.2, 0.25) is 0 Å². The Hall–Kier alpha value is -1.33. The molecule has 0 fully saturated rings. The van der Waals surface area contributed by atoms with Gasteiger partial charge in [0.05, 0.1) is 0 Å². The summed E-state index contributed by atoms with van der Waals surface area (Å²) in [7, 11) is -0.306. The van der Waals surface area contributed by atoms with Crippen LogP contribution in [-0.2, 0) is 22.9 Å². The molecule has 2 atom stereocenters. The van der Waals surface area contributed by atoms with E-state index in [0.29, 0.717) is 7.35 Å². The van der Waals surface area contributed by atoms with Crippen LogP contribution in [0.15, 0.2) is 108 Å². The fraction of sp³-hybridized carbons (Fsp3) is 0.481. The Kier molecular flexibility index (Phi) is 23.6. The second-order valence-corrected chi connectivity index (χ2v) is 27.1. The summed E-state index contributed by atoms with van der Waals surface area (Å²) >= 11 is -1.41. The minimum Gasteiger partial charge on any atom is -1.00 e. The van der Waals surface area contributed by atoms with Crippen LogP contribution < -0.4 is 24.8 Å². The van der Waals surface area contributed by atoms with Crippen LogP contribution in [0.25, 0.3) is 34.4 Å². The van der Waals surface area contributed by atoms with Crippen LogP contribution in [0.4, 0.5) is 0 Å². The molecule has 0 aliphatic heterocycles. The normalized spacial score (nSPS) is 15.3. The van der Waals surface area contributed by atoms with Crippen LogP contribution in [0.5, 0.6) is 0 Å². The average Bonchev–Trinajstić information content (AvgIpc) is 3.81. The van der Waals surface area contributed by atoms with Gasteiger partial charge in [0, 0.05) is 0 Å². The SMILES string of the molecule is CCCCCCP(CCCCCC)C1=Cc2c(-c3ccccc3)cccc2[CH]1[Hf+2][CH]1C(P(CCCCCC)CCCCCC)=Cc2c(-c3ccccc3)cccc21.[Cl-].[Cl-]. The van der Waals surface area contributed by atoms with E-state index < -0.39 is 22.9 Å². The van der Waals surface area contributed by atoms with Gasteiger partial charge in [-0.1, -0.05) is 0 Å². The quantitative estimate of drug-likeness (QED) is 0.0334. The zero-order chi connectivity index (χ0) is 39.7. The van der Waals surface area contributed by atoms with Gasteiger partial charge >= 0.3 is 366 Å². The van der Waals surface area contributed by atoms with Crippen molar-refractivity contribution in [3.63, 3.8) is 0 Å². The van der Waals surface area contributed by atoms with Crippen molar-refractivity contribution in [1.29, 1.82) is 0 Å². The maximum Gasteiger partial charge on any atom is -1.00 e. The van der Waals surface area contributed by atoms with Gasteiger partial charge in [0.25, 0.3) is 0 Å². The van der Waals surface area contributed by atoms with Gasteiger partial charge in [-0.15, -0.1) is 0 Å². The summed E-state index contributed by atoms with van der Waals surface area (Å²) in [5, 5.41) is 3.84. The summed E-state index contributed by atoms with van der Waals surface area (Å²) in [5.74, 6) is 0. The molecule has 0 nitrogen and oxygen atoms in total. The van der Waals surface area contributed by atoms with Gasteiger partial charge in [0.1, 0.15) is 0 Å². The molecule has 4 aromatic carbocycles. The van der Waals surface area contributed by atoms with Crippen molar-refractivity contribution in [2.45, 2.75) is 138 Å². The number of unbranched alkanes of at least 4 members (excludes halogenated alkanes) is 12. The van der Waals surface area contributed by atoms with Gasteiger partial charge in [-0.25, -0.2) is 0 Å². The number of benzene rings is 4. The summed E-state index contributed by atoms with van der Waals surface area (Å²) in [5.41, 5.74) is 12.3. The molecule has 6 rings (SSSR count). The van der Waals surface area contributed by atoms with Crippen molar-refractivity contribution in [3.8, 4) is 22.3 Å². The monoisotopic (exact) mass is 1030 g/mol. The number of halogens is 2. The smallest absolute Gasteiger partial charge is 1.00 e. The Bertz CT molecular complexity index is 1700. The van der Waals surface area contributed by atoms with Crippen molar-refractivity contribution in [1.82, 2.24) is 0 Å². The molecule has 0 saturated heterocycles. The average molecular weight is 1030 g/mol. The number of hydrogen-bond donors (Lipinski definition) is 0. The van der Waals surface area contributed by atoms with Crippen molar-refractivity contribution in [2.24, 2.45) is 0 Å². The van der Waals surface area contributed by atoms with E-state index in [-0.39, 0.29) is 40.7 Å². The molecule has 0 aromatic heterocycles. The van der Waals surface area contributed by atoms with E-state index in [4.69, 9.17) is 0 Å². The standard InChI is InChI=1S/2C27H36P.2ClH.Hf/c2*1-3-5-7-12-19-28(20-13-8-6-4-2)25-21-24-17-14-18-26(27(24)22-25)23-15-10-9-11-16-23;;;/h2*9-11,14-18,21-22H,3-8,12-13,19-20H2,1-2H3;2*1H;/q;;;;+2/p-2. The summed E-state index contributed by atoms with van der Waals surface area (Å²) in [6, 6.07) is 37.5. The van der Waals surface area contributed by atoms with Crippen LogP contribution in [0.3, 0.4) is 0 Å². The molecule has 0 amide bonds. The van der Waals surface area contributed by atoms with E-state index in [9.17, 15) is 0 Å². The Morgan fingerprint density at radius 3 is 1.05 bits per heavy atom. The maximum atomic E-state index is 2.82. The van der Waals surface area contributed by atoms with Crippen molar-refractivity contribution >= 4 is 28.0 Å². The first-order valence-corrected chi connectivity index (χ1v) is 30.8. The topological polar surface area (TPSA) is 0 Å². The molecule has 0 spiro atoms. The van der Waals surface area contributed by atoms with Crippen LogP contribution >= 0.6 is 15.8 Å². The fourth-order valence-electron chi connectivity index (χ4n) is 9.23. The van der Waals surface area contributed by atoms with Gasteiger partial charge < -0.3 is 24.8 Å². The van der Waals surface area contributed by atoms with Crippen molar-refractivity contribution in [2.75, 3.05) is 24.6 Å². The van der Waals surface area contributed by atoms with Crippen molar-refractivity contribution in [3.05, 3.63) is 130 Å². The first-order valence-electron chi connectivity index (χ1n) is 23.2. The minimum atomic E-state index is -1.41. The maximum absolute atomic E-state index is 2.82. The first-order chi connectivity index (χ1) is 28.2. The van der Waals surface area contributed by atoms with Crippen molar-refractivity contribution < 1.29 is 47.7 Å². The van der Waals surface area contributed by atoms with E-state index in [1.54, 1.807) is 22.3 Å². The molecule has 2 unspecified atom stereocenters. The minimum absolute atomic E-state index is 0. The van der Waals surface area contributed by atoms with Gasteiger partial charge in [-0.2, -0.15) is 0 Å². The molecule has 2 aliphatic rings. The molecule has 0 heterocycles. The third-order valence-electron chi connectivity index (χ3n) is 12.4. The number of hydrogen-bond acceptors (Lipinski definition) is 0. The molecule has 5 heteroatoms. The zero-order valence-electron chi connectivity index (χ0n) is 36.8. The van der Waals surface area contributed by atoms with Gasteiger partial charge in [0.15, 0.2) is 0 Å². The largest absolute Gasteiger partial charge is 1.00 e. The predicted octanol–water partition coefficient (Wildman–Crippen LogP) is 11.9. The van der Waals surface area contributed by atoms with Crippen LogP contribution in [0.1, 0.15) is 160 Å². The van der Waals surface area contributed by atoms with Crippen LogP contribution in [-0.4, -0.2) is 24.6 Å². The summed E-state index contributed by atoms with van der Waals surface area (Å²) in [6.45, 7) is 9.48. The predicted molar refractivity (Wildman–Crippen MR) is 255 cm³/mol. The third kappa shape index (κ3) is 13.8. The van der Waals surface area contributed by atoms with E-state index in [2.05, 4.69) is 137 Å². The molecule has 0 N–H and O–H groups in total. The first kappa shape index (κ1) is 50.3. The molecule has 0 radical (unpaired) electrons. The molecule has 0 saturated carbocycles. The number of fused-ring (bicyclic) bond motifs is 2. The Labute approximate surface area is 387 Å². The zero-order valence-corrected chi connectivity index (χ0v) is 43.7. The summed E-state index contributed by atoms with van der Waals surface area (Å²) < 4.78 is 1.37. The Balaban J connectivity index is 0.00000384. The van der Waals surface area contributed by atoms with Gasteiger partial charge in [-0.3, -0.25) is 0 Å². The number of rotatable bonds is 26. The Morgan fingerprint density at radius 1 is 0.390 bits per heavy atom. The molecule has 2 aliphatic carbocycles. The second kappa shape index (κ2) is 27.7. The van der Waals surface area contributed by atoms with Crippen LogP contribution in [0, 0.1) is 0 Å². The molecule has 4 aromatic rings. The molecular weight excluding hydrogens is 960 g/mol. The van der Waals surface area contributed by atoms with Gasteiger partial charge in [-0.05, 0) is 0 Å². The van der Waals surface area contributed by atoms with Gasteiger partial charge in [0.2, 0.25) is 0 Å². The van der Waals surface area contributed by atoms with E-state index in [1.807, 2.05) is 10.6 Å². The molecular formula is C54H72Cl2HfP2. The number of allylic oxidation sites excluding steroid dienone is 2. The fourth-order valence-corrected chi connectivity index (χ4v) is 26.0. The van der Waals surface area contributed by atoms with E-state index in [1.165, 1.54) is 150 Å².